The van der Waals surface area contributed by atoms with Crippen molar-refractivity contribution in [3.8, 4) is 0 Å². The van der Waals surface area contributed by atoms with Gasteiger partial charge in [0.1, 0.15) is 16.3 Å². The molecular weight excluding hydrogens is 316 g/mol. The maximum atomic E-state index is 12.6. The molecule has 0 radical (unpaired) electrons. The molecular formula is C16H20N2O4S. The average Bonchev–Trinajstić information content (AvgIpc) is 3.10. The number of amides is 1. The highest BCUT2D eigenvalue weighted by atomic mass is 32.1. The van der Waals surface area contributed by atoms with Crippen molar-refractivity contribution in [2.45, 2.75) is 40.0 Å². The molecule has 0 saturated carbocycles. The molecule has 124 valence electrons. The smallest absolute Gasteiger partial charge is 0.340 e. The fraction of sp³-hybridized carbons (Fsp3) is 0.438. The van der Waals surface area contributed by atoms with E-state index in [1.165, 1.54) is 18.4 Å². The molecule has 0 aliphatic heterocycles. The number of thiophene rings is 1. The number of methoxy groups -OCH3 is 1. The van der Waals surface area contributed by atoms with Crippen molar-refractivity contribution >= 4 is 28.2 Å². The number of nitrogens with one attached hydrogen (secondary N) is 1. The first kappa shape index (κ1) is 17.2. The summed E-state index contributed by atoms with van der Waals surface area (Å²) in [5.74, 6) is -0.0960. The zero-order valence-electron chi connectivity index (χ0n) is 13.9. The van der Waals surface area contributed by atoms with Crippen molar-refractivity contribution in [3.05, 3.63) is 33.5 Å². The second kappa shape index (κ2) is 6.95. The van der Waals surface area contributed by atoms with Crippen LogP contribution in [0.3, 0.4) is 0 Å². The van der Waals surface area contributed by atoms with Crippen LogP contribution >= 0.6 is 11.3 Å². The van der Waals surface area contributed by atoms with Crippen LogP contribution < -0.4 is 5.32 Å². The normalized spacial score (nSPS) is 10.9. The minimum Gasteiger partial charge on any atom is -0.465 e. The lowest BCUT2D eigenvalue weighted by molar-refractivity contribution is 0.0602. The number of ether oxygens (including phenoxy) is 1. The Kier molecular flexibility index (Phi) is 5.20. The van der Waals surface area contributed by atoms with Gasteiger partial charge in [-0.2, -0.15) is 0 Å². The van der Waals surface area contributed by atoms with Gasteiger partial charge in [0.15, 0.2) is 0 Å². The Morgan fingerprint density at radius 1 is 1.43 bits per heavy atom. The molecule has 2 aromatic rings. The summed E-state index contributed by atoms with van der Waals surface area (Å²) in [5, 5.41) is 7.16. The van der Waals surface area contributed by atoms with E-state index in [4.69, 9.17) is 9.26 Å². The first-order valence-corrected chi connectivity index (χ1v) is 8.19. The molecule has 2 rings (SSSR count). The number of aromatic nitrogens is 1. The number of carbonyl (C=O) groups is 2. The van der Waals surface area contributed by atoms with Crippen LogP contribution in [0.2, 0.25) is 0 Å². The predicted octanol–water partition coefficient (Wildman–Crippen LogP) is 3.77. The van der Waals surface area contributed by atoms with Gasteiger partial charge in [-0.1, -0.05) is 25.9 Å². The lowest BCUT2D eigenvalue weighted by atomic mass is 10.1. The molecule has 0 unspecified atom stereocenters. The summed E-state index contributed by atoms with van der Waals surface area (Å²) in [5.41, 5.74) is 1.38. The highest BCUT2D eigenvalue weighted by Gasteiger charge is 2.24. The fourth-order valence-electron chi connectivity index (χ4n) is 2.16. The van der Waals surface area contributed by atoms with E-state index in [2.05, 4.69) is 10.5 Å². The van der Waals surface area contributed by atoms with Crippen LogP contribution in [-0.2, 0) is 11.2 Å². The average molecular weight is 336 g/mol. The third-order valence-corrected chi connectivity index (χ3v) is 4.80. The first-order valence-electron chi connectivity index (χ1n) is 7.37. The van der Waals surface area contributed by atoms with Gasteiger partial charge in [-0.3, -0.25) is 4.79 Å². The van der Waals surface area contributed by atoms with E-state index in [0.29, 0.717) is 34.0 Å². The van der Waals surface area contributed by atoms with Crippen molar-refractivity contribution in [1.29, 1.82) is 0 Å². The molecule has 6 nitrogen and oxygen atoms in total. The summed E-state index contributed by atoms with van der Waals surface area (Å²) in [6, 6.07) is 1.76. The van der Waals surface area contributed by atoms with Crippen molar-refractivity contribution < 1.29 is 18.8 Å². The molecule has 2 heterocycles. The number of hydrogen-bond acceptors (Lipinski definition) is 6. The Morgan fingerprint density at radius 3 is 2.70 bits per heavy atom. The van der Waals surface area contributed by atoms with Gasteiger partial charge < -0.3 is 14.6 Å². The van der Waals surface area contributed by atoms with Gasteiger partial charge in [0.05, 0.1) is 18.4 Å². The summed E-state index contributed by atoms with van der Waals surface area (Å²) in [4.78, 5) is 25.5. The summed E-state index contributed by atoms with van der Waals surface area (Å²) >= 11 is 1.37. The van der Waals surface area contributed by atoms with Gasteiger partial charge in [0, 0.05) is 4.88 Å². The lowest BCUT2D eigenvalue weighted by Crippen LogP contribution is -2.15. The number of rotatable bonds is 5. The number of anilines is 1. The third kappa shape index (κ3) is 3.44. The Balaban J connectivity index is 2.37. The monoisotopic (exact) mass is 336 g/mol. The number of carbonyl (C=O) groups excluding carboxylic acids is 2. The van der Waals surface area contributed by atoms with E-state index < -0.39 is 5.97 Å². The molecule has 2 aromatic heterocycles. The standard InChI is InChI=1S/C16H20N2O4S/c1-6-11-13(9(4)22-18-11)14(19)17-15-10(16(20)21-5)7-12(23-15)8(2)3/h7-8H,6H2,1-5H3,(H,17,19). The number of hydrogen-bond donors (Lipinski definition) is 1. The van der Waals surface area contributed by atoms with Crippen LogP contribution in [0, 0.1) is 6.92 Å². The number of aryl methyl sites for hydroxylation is 2. The van der Waals surface area contributed by atoms with Crippen LogP contribution in [0.15, 0.2) is 10.6 Å². The topological polar surface area (TPSA) is 81.4 Å². The third-order valence-electron chi connectivity index (χ3n) is 3.45. The quantitative estimate of drug-likeness (QED) is 0.841. The molecule has 1 amide bonds. The molecule has 7 heteroatoms. The maximum Gasteiger partial charge on any atom is 0.340 e. The number of esters is 1. The van der Waals surface area contributed by atoms with Crippen LogP contribution in [-0.4, -0.2) is 24.1 Å². The van der Waals surface area contributed by atoms with E-state index in [-0.39, 0.29) is 11.8 Å². The molecule has 0 bridgehead atoms. The zero-order chi connectivity index (χ0) is 17.1. The second-order valence-corrected chi connectivity index (χ2v) is 6.49. The minimum absolute atomic E-state index is 0.248. The maximum absolute atomic E-state index is 12.6. The van der Waals surface area contributed by atoms with Gasteiger partial charge in [-0.15, -0.1) is 11.3 Å². The number of nitrogens with zero attached hydrogens (tertiary/aromatic N) is 1. The molecule has 23 heavy (non-hydrogen) atoms. The van der Waals surface area contributed by atoms with Crippen molar-refractivity contribution in [1.82, 2.24) is 5.16 Å². The highest BCUT2D eigenvalue weighted by Crippen LogP contribution is 2.34. The van der Waals surface area contributed by atoms with E-state index in [1.54, 1.807) is 13.0 Å². The van der Waals surface area contributed by atoms with E-state index in [0.717, 1.165) is 4.88 Å². The molecule has 0 fully saturated rings. The molecule has 1 N–H and O–H groups in total. The minimum atomic E-state index is -0.471. The molecule has 0 spiro atoms. The van der Waals surface area contributed by atoms with Gasteiger partial charge in [-0.05, 0) is 25.3 Å². The predicted molar refractivity (Wildman–Crippen MR) is 88.3 cm³/mol. The fourth-order valence-corrected chi connectivity index (χ4v) is 3.21. The highest BCUT2D eigenvalue weighted by molar-refractivity contribution is 7.16. The van der Waals surface area contributed by atoms with E-state index in [1.807, 2.05) is 20.8 Å². The molecule has 0 saturated heterocycles. The summed E-state index contributed by atoms with van der Waals surface area (Å²) < 4.78 is 9.89. The summed E-state index contributed by atoms with van der Waals surface area (Å²) in [6.45, 7) is 7.64. The Labute approximate surface area is 138 Å². The van der Waals surface area contributed by atoms with Gasteiger partial charge in [0.2, 0.25) is 0 Å². The summed E-state index contributed by atoms with van der Waals surface area (Å²) in [7, 11) is 1.32. The Hall–Kier alpha value is -2.15. The Bertz CT molecular complexity index is 731. The van der Waals surface area contributed by atoms with Crippen LogP contribution in [0.4, 0.5) is 5.00 Å². The Morgan fingerprint density at radius 2 is 2.13 bits per heavy atom. The van der Waals surface area contributed by atoms with E-state index >= 15 is 0 Å². The van der Waals surface area contributed by atoms with Crippen molar-refractivity contribution in [2.75, 3.05) is 12.4 Å². The zero-order valence-corrected chi connectivity index (χ0v) is 14.7. The molecule has 0 aromatic carbocycles. The van der Waals surface area contributed by atoms with Crippen molar-refractivity contribution in [2.24, 2.45) is 0 Å². The van der Waals surface area contributed by atoms with Gasteiger partial charge >= 0.3 is 5.97 Å². The SMILES string of the molecule is CCc1noc(C)c1C(=O)Nc1sc(C(C)C)cc1C(=O)OC. The van der Waals surface area contributed by atoms with Crippen LogP contribution in [0.25, 0.3) is 0 Å². The second-order valence-electron chi connectivity index (χ2n) is 5.41. The largest absolute Gasteiger partial charge is 0.465 e. The van der Waals surface area contributed by atoms with Crippen LogP contribution in [0.5, 0.6) is 0 Å². The first-order chi connectivity index (χ1) is 10.9. The van der Waals surface area contributed by atoms with Gasteiger partial charge in [-0.25, -0.2) is 4.79 Å². The summed E-state index contributed by atoms with van der Waals surface area (Å²) in [6.07, 6.45) is 0.589. The lowest BCUT2D eigenvalue weighted by Gasteiger charge is -2.05. The molecule has 0 atom stereocenters. The molecule has 0 aliphatic carbocycles. The van der Waals surface area contributed by atoms with Crippen LogP contribution in [0.1, 0.15) is 63.7 Å². The van der Waals surface area contributed by atoms with E-state index in [9.17, 15) is 9.59 Å². The van der Waals surface area contributed by atoms with Crippen molar-refractivity contribution in [3.63, 3.8) is 0 Å². The van der Waals surface area contributed by atoms with Gasteiger partial charge in [0.25, 0.3) is 5.91 Å². The molecule has 0 aliphatic rings.